The Hall–Kier alpha value is -1.11. The van der Waals surface area contributed by atoms with E-state index in [4.69, 9.17) is 11.6 Å². The standard InChI is InChI=1S/C13H12ClN3OS2/c14-9-4-1-2-5-10(9)17-7-3-6-11(12(17)18)20-13-16-15-8-19-13/h1-2,4-5,8,11H,3,6-7H2/t11-/m1/s1. The van der Waals surface area contributed by atoms with Crippen molar-refractivity contribution in [2.45, 2.75) is 22.4 Å². The van der Waals surface area contributed by atoms with Gasteiger partial charge in [0.05, 0.1) is 16.0 Å². The molecular formula is C13H12ClN3OS2. The molecule has 7 heteroatoms. The maximum atomic E-state index is 12.6. The fourth-order valence-corrected chi connectivity index (χ4v) is 4.26. The Labute approximate surface area is 130 Å². The fraction of sp³-hybridized carbons (Fsp3) is 0.308. The Kier molecular flexibility index (Phi) is 4.24. The van der Waals surface area contributed by atoms with Gasteiger partial charge in [0.15, 0.2) is 4.34 Å². The zero-order chi connectivity index (χ0) is 13.9. The number of nitrogens with zero attached hydrogens (tertiary/aromatic N) is 3. The van der Waals surface area contributed by atoms with Gasteiger partial charge in [-0.05, 0) is 25.0 Å². The van der Waals surface area contributed by atoms with Gasteiger partial charge < -0.3 is 4.90 Å². The van der Waals surface area contributed by atoms with Gasteiger partial charge in [-0.1, -0.05) is 46.8 Å². The summed E-state index contributed by atoms with van der Waals surface area (Å²) in [6.45, 7) is 0.718. The highest BCUT2D eigenvalue weighted by molar-refractivity contribution is 8.02. The number of piperidine rings is 1. The Morgan fingerprint density at radius 2 is 2.25 bits per heavy atom. The monoisotopic (exact) mass is 325 g/mol. The minimum absolute atomic E-state index is 0.101. The number of para-hydroxylation sites is 1. The average molecular weight is 326 g/mol. The Morgan fingerprint density at radius 3 is 3.00 bits per heavy atom. The zero-order valence-corrected chi connectivity index (χ0v) is 12.9. The van der Waals surface area contributed by atoms with Crippen molar-refractivity contribution < 1.29 is 4.79 Å². The molecule has 0 bridgehead atoms. The molecule has 1 saturated heterocycles. The number of rotatable bonds is 3. The number of amides is 1. The molecule has 0 radical (unpaired) electrons. The van der Waals surface area contributed by atoms with Crippen molar-refractivity contribution in [3.63, 3.8) is 0 Å². The molecule has 104 valence electrons. The van der Waals surface area contributed by atoms with Crippen LogP contribution in [0.15, 0.2) is 34.1 Å². The third-order valence-electron chi connectivity index (χ3n) is 3.12. The van der Waals surface area contributed by atoms with E-state index in [2.05, 4.69) is 10.2 Å². The van der Waals surface area contributed by atoms with Crippen LogP contribution in [0.5, 0.6) is 0 Å². The van der Waals surface area contributed by atoms with Crippen molar-refractivity contribution in [2.24, 2.45) is 0 Å². The third kappa shape index (κ3) is 2.82. The summed E-state index contributed by atoms with van der Waals surface area (Å²) < 4.78 is 0.837. The van der Waals surface area contributed by atoms with Crippen LogP contribution in [0.2, 0.25) is 5.02 Å². The van der Waals surface area contributed by atoms with Crippen molar-refractivity contribution in [1.82, 2.24) is 10.2 Å². The highest BCUT2D eigenvalue weighted by Crippen LogP contribution is 2.35. The van der Waals surface area contributed by atoms with E-state index in [9.17, 15) is 4.79 Å². The first kappa shape index (κ1) is 13.9. The molecule has 0 N–H and O–H groups in total. The van der Waals surface area contributed by atoms with Crippen molar-refractivity contribution in [3.05, 3.63) is 34.8 Å². The molecule has 1 aromatic heterocycles. The molecular weight excluding hydrogens is 314 g/mol. The predicted molar refractivity (Wildman–Crippen MR) is 82.6 cm³/mol. The maximum Gasteiger partial charge on any atom is 0.240 e. The number of anilines is 1. The van der Waals surface area contributed by atoms with Crippen LogP contribution in [0.4, 0.5) is 5.69 Å². The Morgan fingerprint density at radius 1 is 1.40 bits per heavy atom. The second kappa shape index (κ2) is 6.11. The molecule has 1 fully saturated rings. The van der Waals surface area contributed by atoms with Gasteiger partial charge in [0.1, 0.15) is 5.51 Å². The molecule has 4 nitrogen and oxygen atoms in total. The number of hydrogen-bond donors (Lipinski definition) is 0. The fourth-order valence-electron chi connectivity index (χ4n) is 2.20. The Bertz CT molecular complexity index is 605. The highest BCUT2D eigenvalue weighted by atomic mass is 35.5. The summed E-state index contributed by atoms with van der Waals surface area (Å²) in [6, 6.07) is 7.47. The number of hydrogen-bond acceptors (Lipinski definition) is 5. The van der Waals surface area contributed by atoms with Gasteiger partial charge in [-0.15, -0.1) is 10.2 Å². The smallest absolute Gasteiger partial charge is 0.240 e. The van der Waals surface area contributed by atoms with E-state index in [0.29, 0.717) is 5.02 Å². The number of thioether (sulfide) groups is 1. The molecule has 1 aliphatic rings. The summed E-state index contributed by atoms with van der Waals surface area (Å²) in [5.41, 5.74) is 2.48. The number of halogens is 1. The molecule has 0 unspecified atom stereocenters. The van der Waals surface area contributed by atoms with Crippen molar-refractivity contribution in [3.8, 4) is 0 Å². The summed E-state index contributed by atoms with van der Waals surface area (Å²) in [4.78, 5) is 14.4. The lowest BCUT2D eigenvalue weighted by Crippen LogP contribution is -2.43. The van der Waals surface area contributed by atoms with E-state index in [-0.39, 0.29) is 11.2 Å². The van der Waals surface area contributed by atoms with Crippen molar-refractivity contribution >= 4 is 46.3 Å². The number of benzene rings is 1. The summed E-state index contributed by atoms with van der Waals surface area (Å²) in [6.07, 6.45) is 1.83. The number of aromatic nitrogens is 2. The van der Waals surface area contributed by atoms with Gasteiger partial charge in [-0.2, -0.15) is 0 Å². The van der Waals surface area contributed by atoms with E-state index in [0.717, 1.165) is 29.4 Å². The molecule has 1 aromatic carbocycles. The SMILES string of the molecule is O=C1[C@H](Sc2nncs2)CCCN1c1ccccc1Cl. The van der Waals surface area contributed by atoms with E-state index >= 15 is 0 Å². The van der Waals surface area contributed by atoms with Crippen LogP contribution in [0.25, 0.3) is 0 Å². The van der Waals surface area contributed by atoms with Crippen LogP contribution < -0.4 is 4.90 Å². The minimum atomic E-state index is -0.104. The first-order chi connectivity index (χ1) is 9.75. The van der Waals surface area contributed by atoms with Crippen LogP contribution >= 0.6 is 34.7 Å². The molecule has 2 aromatic rings. The number of carbonyl (C=O) groups is 1. The van der Waals surface area contributed by atoms with Gasteiger partial charge in [-0.25, -0.2) is 0 Å². The van der Waals surface area contributed by atoms with E-state index < -0.39 is 0 Å². The molecule has 1 amide bonds. The van der Waals surface area contributed by atoms with E-state index in [1.165, 1.54) is 23.1 Å². The van der Waals surface area contributed by atoms with Crippen LogP contribution in [-0.4, -0.2) is 27.9 Å². The lowest BCUT2D eigenvalue weighted by molar-refractivity contribution is -0.119. The first-order valence-electron chi connectivity index (χ1n) is 6.24. The highest BCUT2D eigenvalue weighted by Gasteiger charge is 2.31. The third-order valence-corrected chi connectivity index (χ3v) is 5.50. The lowest BCUT2D eigenvalue weighted by Gasteiger charge is -2.32. The minimum Gasteiger partial charge on any atom is -0.310 e. The van der Waals surface area contributed by atoms with Gasteiger partial charge in [0.25, 0.3) is 0 Å². The maximum absolute atomic E-state index is 12.6. The molecule has 1 atom stereocenters. The predicted octanol–water partition coefficient (Wildman–Crippen LogP) is 3.48. The second-order valence-electron chi connectivity index (χ2n) is 4.39. The molecule has 1 aliphatic heterocycles. The molecule has 0 saturated carbocycles. The van der Waals surface area contributed by atoms with Crippen LogP contribution in [-0.2, 0) is 4.79 Å². The van der Waals surface area contributed by atoms with Crippen LogP contribution in [0, 0.1) is 0 Å². The second-order valence-corrected chi connectivity index (χ2v) is 7.08. The summed E-state index contributed by atoms with van der Waals surface area (Å²) in [5, 5.41) is 8.31. The topological polar surface area (TPSA) is 46.1 Å². The average Bonchev–Trinajstić information content (AvgIpc) is 2.95. The quantitative estimate of drug-likeness (QED) is 0.866. The van der Waals surface area contributed by atoms with E-state index in [1.54, 1.807) is 10.4 Å². The van der Waals surface area contributed by atoms with Gasteiger partial charge >= 0.3 is 0 Å². The largest absolute Gasteiger partial charge is 0.310 e. The van der Waals surface area contributed by atoms with E-state index in [1.807, 2.05) is 24.3 Å². The van der Waals surface area contributed by atoms with Crippen molar-refractivity contribution in [2.75, 3.05) is 11.4 Å². The Balaban J connectivity index is 1.80. The summed E-state index contributed by atoms with van der Waals surface area (Å²) >= 11 is 9.15. The van der Waals surface area contributed by atoms with Gasteiger partial charge in [0.2, 0.25) is 5.91 Å². The first-order valence-corrected chi connectivity index (χ1v) is 8.38. The van der Waals surface area contributed by atoms with Gasteiger partial charge in [0, 0.05) is 6.54 Å². The molecule has 0 aliphatic carbocycles. The molecule has 0 spiro atoms. The van der Waals surface area contributed by atoms with Gasteiger partial charge in [-0.3, -0.25) is 4.79 Å². The van der Waals surface area contributed by atoms with Crippen LogP contribution in [0.1, 0.15) is 12.8 Å². The van der Waals surface area contributed by atoms with Crippen LogP contribution in [0.3, 0.4) is 0 Å². The molecule has 3 rings (SSSR count). The summed E-state index contributed by atoms with van der Waals surface area (Å²) in [7, 11) is 0. The molecule has 2 heterocycles. The van der Waals surface area contributed by atoms with Crippen molar-refractivity contribution in [1.29, 1.82) is 0 Å². The number of carbonyl (C=O) groups excluding carboxylic acids is 1. The summed E-state index contributed by atoms with van der Waals surface area (Å²) in [5.74, 6) is 0.101. The lowest BCUT2D eigenvalue weighted by atomic mass is 10.1. The normalized spacial score (nSPS) is 19.4. The zero-order valence-electron chi connectivity index (χ0n) is 10.5. The molecule has 20 heavy (non-hydrogen) atoms.